The Balaban J connectivity index is 1.24. The van der Waals surface area contributed by atoms with Crippen molar-refractivity contribution >= 4 is 60.1 Å². The van der Waals surface area contributed by atoms with Gasteiger partial charge < -0.3 is 10.2 Å². The Morgan fingerprint density at radius 2 is 1.89 bits per heavy atom. The number of fused-ring (bicyclic) bond motifs is 1. The standard InChI is InChI=1S/C20H20BrClN4OS/c21-15-3-1-14(2-4-15)19(27)23-7-8-25-9-11-26(12-10-25)20-24-17-6-5-16(22)13-18(17)28-20/h1-6,13H,7-12H2,(H,23,27). The fourth-order valence-corrected chi connectivity index (χ4v) is 4.77. The van der Waals surface area contributed by atoms with Crippen LogP contribution < -0.4 is 10.2 Å². The van der Waals surface area contributed by atoms with Gasteiger partial charge in [0.05, 0.1) is 10.2 Å². The molecule has 1 aliphatic heterocycles. The SMILES string of the molecule is O=C(NCCN1CCN(c2nc3ccc(Cl)cc3s2)CC1)c1ccc(Br)cc1. The monoisotopic (exact) mass is 478 g/mol. The van der Waals surface area contributed by atoms with Crippen molar-refractivity contribution < 1.29 is 4.79 Å². The molecule has 0 atom stereocenters. The van der Waals surface area contributed by atoms with E-state index in [1.54, 1.807) is 11.3 Å². The fraction of sp³-hybridized carbons (Fsp3) is 0.300. The van der Waals surface area contributed by atoms with E-state index in [0.29, 0.717) is 12.1 Å². The molecule has 0 spiro atoms. The van der Waals surface area contributed by atoms with Crippen LogP contribution in [0.3, 0.4) is 0 Å². The zero-order valence-electron chi connectivity index (χ0n) is 15.2. The number of anilines is 1. The molecule has 1 N–H and O–H groups in total. The number of aromatic nitrogens is 1. The molecule has 0 radical (unpaired) electrons. The van der Waals surface area contributed by atoms with Gasteiger partial charge in [-0.3, -0.25) is 9.69 Å². The molecule has 8 heteroatoms. The minimum atomic E-state index is -0.0285. The van der Waals surface area contributed by atoms with Crippen LogP contribution in [0, 0.1) is 0 Å². The van der Waals surface area contributed by atoms with E-state index in [-0.39, 0.29) is 5.91 Å². The maximum atomic E-state index is 12.2. The van der Waals surface area contributed by atoms with Gasteiger partial charge in [0, 0.05) is 54.3 Å². The molecule has 2 heterocycles. The topological polar surface area (TPSA) is 48.5 Å². The molecule has 4 rings (SSSR count). The smallest absolute Gasteiger partial charge is 0.251 e. The summed E-state index contributed by atoms with van der Waals surface area (Å²) in [6.07, 6.45) is 0. The average molecular weight is 480 g/mol. The molecule has 3 aromatic rings. The summed E-state index contributed by atoms with van der Waals surface area (Å²) in [6, 6.07) is 13.2. The number of carbonyl (C=O) groups is 1. The number of amides is 1. The first-order chi connectivity index (χ1) is 13.6. The van der Waals surface area contributed by atoms with Crippen LogP contribution in [-0.2, 0) is 0 Å². The second-order valence-electron chi connectivity index (χ2n) is 6.70. The first-order valence-corrected chi connectivity index (χ1v) is 11.1. The minimum absolute atomic E-state index is 0.0285. The molecule has 1 fully saturated rings. The second kappa shape index (κ2) is 8.78. The number of hydrogen-bond acceptors (Lipinski definition) is 5. The van der Waals surface area contributed by atoms with Crippen molar-refractivity contribution in [2.75, 3.05) is 44.2 Å². The first-order valence-electron chi connectivity index (χ1n) is 9.16. The van der Waals surface area contributed by atoms with Crippen LogP contribution in [0.15, 0.2) is 46.9 Å². The zero-order valence-corrected chi connectivity index (χ0v) is 18.4. The van der Waals surface area contributed by atoms with Gasteiger partial charge in [-0.1, -0.05) is 38.9 Å². The molecule has 1 aliphatic rings. The average Bonchev–Trinajstić information content (AvgIpc) is 3.12. The van der Waals surface area contributed by atoms with E-state index < -0.39 is 0 Å². The van der Waals surface area contributed by atoms with Crippen molar-refractivity contribution in [3.63, 3.8) is 0 Å². The summed E-state index contributed by atoms with van der Waals surface area (Å²) in [5.41, 5.74) is 1.69. The van der Waals surface area contributed by atoms with Crippen LogP contribution in [-0.4, -0.2) is 55.1 Å². The van der Waals surface area contributed by atoms with Gasteiger partial charge in [0.1, 0.15) is 0 Å². The van der Waals surface area contributed by atoms with E-state index in [1.807, 2.05) is 42.5 Å². The zero-order chi connectivity index (χ0) is 19.5. The fourth-order valence-electron chi connectivity index (χ4n) is 3.22. The lowest BCUT2D eigenvalue weighted by Crippen LogP contribution is -2.48. The number of nitrogens with one attached hydrogen (secondary N) is 1. The molecular weight excluding hydrogens is 460 g/mol. The largest absolute Gasteiger partial charge is 0.351 e. The Morgan fingerprint density at radius 3 is 2.64 bits per heavy atom. The highest BCUT2D eigenvalue weighted by molar-refractivity contribution is 9.10. The van der Waals surface area contributed by atoms with Gasteiger partial charge in [-0.2, -0.15) is 0 Å². The van der Waals surface area contributed by atoms with Crippen LogP contribution in [0.4, 0.5) is 5.13 Å². The van der Waals surface area contributed by atoms with Crippen LogP contribution in [0.5, 0.6) is 0 Å². The Morgan fingerprint density at radius 1 is 1.14 bits per heavy atom. The molecule has 5 nitrogen and oxygen atoms in total. The summed E-state index contributed by atoms with van der Waals surface area (Å²) in [7, 11) is 0. The number of benzene rings is 2. The first kappa shape index (κ1) is 19.6. The van der Waals surface area contributed by atoms with E-state index in [4.69, 9.17) is 16.6 Å². The molecule has 1 aromatic heterocycles. The Kier molecular flexibility index (Phi) is 6.16. The van der Waals surface area contributed by atoms with Crippen LogP contribution in [0.2, 0.25) is 5.02 Å². The molecule has 0 unspecified atom stereocenters. The molecule has 1 saturated heterocycles. The third kappa shape index (κ3) is 4.66. The highest BCUT2D eigenvalue weighted by Gasteiger charge is 2.20. The van der Waals surface area contributed by atoms with E-state index in [2.05, 4.69) is 31.0 Å². The second-order valence-corrected chi connectivity index (χ2v) is 9.06. The molecule has 0 saturated carbocycles. The minimum Gasteiger partial charge on any atom is -0.351 e. The van der Waals surface area contributed by atoms with Gasteiger partial charge in [0.25, 0.3) is 5.91 Å². The molecule has 0 aliphatic carbocycles. The molecule has 146 valence electrons. The van der Waals surface area contributed by atoms with Gasteiger partial charge in [0.15, 0.2) is 5.13 Å². The number of piperazine rings is 1. The molecular formula is C20H20BrClN4OS. The summed E-state index contributed by atoms with van der Waals surface area (Å²) in [4.78, 5) is 21.6. The van der Waals surface area contributed by atoms with Crippen LogP contribution in [0.25, 0.3) is 10.2 Å². The third-order valence-electron chi connectivity index (χ3n) is 4.80. The predicted molar refractivity (Wildman–Crippen MR) is 120 cm³/mol. The highest BCUT2D eigenvalue weighted by atomic mass is 79.9. The Bertz CT molecular complexity index is 970. The van der Waals surface area contributed by atoms with E-state index in [0.717, 1.165) is 57.6 Å². The van der Waals surface area contributed by atoms with Crippen molar-refractivity contribution in [3.05, 3.63) is 57.5 Å². The Labute approximate surface area is 181 Å². The summed E-state index contributed by atoms with van der Waals surface area (Å²) in [5, 5.41) is 4.80. The molecule has 28 heavy (non-hydrogen) atoms. The number of thiazole rings is 1. The van der Waals surface area contributed by atoms with Crippen molar-refractivity contribution in [2.45, 2.75) is 0 Å². The van der Waals surface area contributed by atoms with E-state index in [1.165, 1.54) is 0 Å². The summed E-state index contributed by atoms with van der Waals surface area (Å²) in [5.74, 6) is -0.0285. The molecule has 0 bridgehead atoms. The normalized spacial score (nSPS) is 15.1. The van der Waals surface area contributed by atoms with Crippen LogP contribution in [0.1, 0.15) is 10.4 Å². The van der Waals surface area contributed by atoms with Gasteiger partial charge >= 0.3 is 0 Å². The van der Waals surface area contributed by atoms with Crippen molar-refractivity contribution in [1.82, 2.24) is 15.2 Å². The van der Waals surface area contributed by atoms with Crippen molar-refractivity contribution in [2.24, 2.45) is 0 Å². The van der Waals surface area contributed by atoms with Crippen molar-refractivity contribution in [1.29, 1.82) is 0 Å². The summed E-state index contributed by atoms with van der Waals surface area (Å²) >= 11 is 11.1. The number of carbonyl (C=O) groups excluding carboxylic acids is 1. The van der Waals surface area contributed by atoms with Gasteiger partial charge in [-0.25, -0.2) is 4.98 Å². The third-order valence-corrected chi connectivity index (χ3v) is 6.64. The molecule has 2 aromatic carbocycles. The Hall–Kier alpha value is -1.67. The van der Waals surface area contributed by atoms with Gasteiger partial charge in [0.2, 0.25) is 0 Å². The number of halogens is 2. The van der Waals surface area contributed by atoms with Gasteiger partial charge in [-0.05, 0) is 42.5 Å². The van der Waals surface area contributed by atoms with Gasteiger partial charge in [-0.15, -0.1) is 0 Å². The summed E-state index contributed by atoms with van der Waals surface area (Å²) < 4.78 is 2.10. The number of rotatable bonds is 5. The van der Waals surface area contributed by atoms with E-state index in [9.17, 15) is 4.79 Å². The summed E-state index contributed by atoms with van der Waals surface area (Å²) in [6.45, 7) is 5.30. The maximum absolute atomic E-state index is 12.2. The predicted octanol–water partition coefficient (Wildman–Crippen LogP) is 4.26. The number of nitrogens with zero attached hydrogens (tertiary/aromatic N) is 3. The van der Waals surface area contributed by atoms with Crippen LogP contribution >= 0.6 is 38.9 Å². The lowest BCUT2D eigenvalue weighted by molar-refractivity contribution is 0.0948. The number of hydrogen-bond donors (Lipinski definition) is 1. The maximum Gasteiger partial charge on any atom is 0.251 e. The highest BCUT2D eigenvalue weighted by Crippen LogP contribution is 2.31. The lowest BCUT2D eigenvalue weighted by Gasteiger charge is -2.34. The lowest BCUT2D eigenvalue weighted by atomic mass is 10.2. The quantitative estimate of drug-likeness (QED) is 0.594. The molecule has 1 amide bonds. The van der Waals surface area contributed by atoms with E-state index >= 15 is 0 Å². The van der Waals surface area contributed by atoms with Crippen molar-refractivity contribution in [3.8, 4) is 0 Å².